The predicted molar refractivity (Wildman–Crippen MR) is 101 cm³/mol. The van der Waals surface area contributed by atoms with Gasteiger partial charge in [-0.3, -0.25) is 4.79 Å². The minimum Gasteiger partial charge on any atom is -0.506 e. The lowest BCUT2D eigenvalue weighted by atomic mass is 10.1. The SMILES string of the molecule is Cc1ccc(C)c(OCC(=O)NN=Cc2cc(Br)cc(Br)c2O)c1. The minimum atomic E-state index is -0.388. The van der Waals surface area contributed by atoms with Crippen molar-refractivity contribution >= 4 is 44.0 Å². The van der Waals surface area contributed by atoms with Crippen LogP contribution in [0.2, 0.25) is 0 Å². The van der Waals surface area contributed by atoms with Gasteiger partial charge in [0.1, 0.15) is 11.5 Å². The number of benzene rings is 2. The summed E-state index contributed by atoms with van der Waals surface area (Å²) in [6.45, 7) is 3.73. The number of halogens is 2. The number of carbonyl (C=O) groups is 1. The molecule has 0 bridgehead atoms. The largest absolute Gasteiger partial charge is 0.506 e. The number of aryl methyl sites for hydroxylation is 2. The van der Waals surface area contributed by atoms with Gasteiger partial charge >= 0.3 is 0 Å². The molecule has 0 heterocycles. The van der Waals surface area contributed by atoms with Gasteiger partial charge in [0.25, 0.3) is 5.91 Å². The summed E-state index contributed by atoms with van der Waals surface area (Å²) >= 11 is 6.55. The fourth-order valence-electron chi connectivity index (χ4n) is 1.90. The summed E-state index contributed by atoms with van der Waals surface area (Å²) in [6, 6.07) is 9.19. The zero-order valence-corrected chi connectivity index (χ0v) is 16.3. The third kappa shape index (κ3) is 5.07. The van der Waals surface area contributed by atoms with Gasteiger partial charge in [-0.2, -0.15) is 5.10 Å². The molecular formula is C17H16Br2N2O3. The number of hydrogen-bond donors (Lipinski definition) is 2. The van der Waals surface area contributed by atoms with Crippen LogP contribution in [0, 0.1) is 13.8 Å². The van der Waals surface area contributed by atoms with Crippen molar-refractivity contribution in [3.05, 3.63) is 56.0 Å². The lowest BCUT2D eigenvalue weighted by Crippen LogP contribution is -2.24. The van der Waals surface area contributed by atoms with Crippen molar-refractivity contribution in [1.82, 2.24) is 5.43 Å². The van der Waals surface area contributed by atoms with Gasteiger partial charge in [0, 0.05) is 10.0 Å². The summed E-state index contributed by atoms with van der Waals surface area (Å²) in [7, 11) is 0. The molecular weight excluding hydrogens is 440 g/mol. The first-order valence-electron chi connectivity index (χ1n) is 7.07. The fourth-order valence-corrected chi connectivity index (χ4v) is 3.15. The summed E-state index contributed by atoms with van der Waals surface area (Å²) in [5.41, 5.74) is 4.85. The van der Waals surface area contributed by atoms with E-state index in [0.717, 1.165) is 15.6 Å². The van der Waals surface area contributed by atoms with Crippen LogP contribution in [0.25, 0.3) is 0 Å². The number of amides is 1. The second kappa shape index (κ2) is 8.30. The summed E-state index contributed by atoms with van der Waals surface area (Å²) in [4.78, 5) is 11.8. The van der Waals surface area contributed by atoms with Gasteiger partial charge in [-0.1, -0.05) is 28.1 Å². The zero-order valence-electron chi connectivity index (χ0n) is 13.1. The lowest BCUT2D eigenvalue weighted by molar-refractivity contribution is -0.123. The number of phenolic OH excluding ortho intramolecular Hbond substituents is 1. The van der Waals surface area contributed by atoms with Gasteiger partial charge < -0.3 is 9.84 Å². The molecule has 7 heteroatoms. The normalized spacial score (nSPS) is 10.8. The van der Waals surface area contributed by atoms with Crippen molar-refractivity contribution in [2.45, 2.75) is 13.8 Å². The molecule has 0 aliphatic heterocycles. The maximum atomic E-state index is 11.8. The van der Waals surface area contributed by atoms with E-state index in [1.54, 1.807) is 12.1 Å². The van der Waals surface area contributed by atoms with Crippen LogP contribution >= 0.6 is 31.9 Å². The first-order valence-corrected chi connectivity index (χ1v) is 8.65. The third-order valence-electron chi connectivity index (χ3n) is 3.15. The molecule has 0 saturated heterocycles. The average molecular weight is 456 g/mol. The first kappa shape index (κ1) is 18.5. The van der Waals surface area contributed by atoms with Crippen molar-refractivity contribution in [2.75, 3.05) is 6.61 Å². The molecule has 1 amide bonds. The molecule has 0 aliphatic rings. The first-order chi connectivity index (χ1) is 11.4. The molecule has 2 N–H and O–H groups in total. The van der Waals surface area contributed by atoms with Gasteiger partial charge in [-0.05, 0) is 59.1 Å². The van der Waals surface area contributed by atoms with E-state index in [-0.39, 0.29) is 18.3 Å². The molecule has 0 radical (unpaired) electrons. The molecule has 0 spiro atoms. The maximum absolute atomic E-state index is 11.8. The molecule has 2 aromatic carbocycles. The quantitative estimate of drug-likeness (QED) is 0.527. The minimum absolute atomic E-state index is 0.0443. The Kier molecular flexibility index (Phi) is 6.39. The Balaban J connectivity index is 1.93. The smallest absolute Gasteiger partial charge is 0.277 e. The number of ether oxygens (including phenoxy) is 1. The predicted octanol–water partition coefficient (Wildman–Crippen LogP) is 4.06. The number of nitrogens with one attached hydrogen (secondary N) is 1. The maximum Gasteiger partial charge on any atom is 0.277 e. The van der Waals surface area contributed by atoms with Crippen LogP contribution in [0.1, 0.15) is 16.7 Å². The Morgan fingerprint density at radius 2 is 2.04 bits per heavy atom. The molecule has 0 atom stereocenters. The number of rotatable bonds is 5. The second-order valence-electron chi connectivity index (χ2n) is 5.18. The number of nitrogens with zero attached hydrogens (tertiary/aromatic N) is 1. The number of aromatic hydroxyl groups is 1. The molecule has 0 aromatic heterocycles. The standard InChI is InChI=1S/C17H16Br2N2O3/c1-10-3-4-11(2)15(5-10)24-9-16(22)21-20-8-12-6-13(18)7-14(19)17(12)23/h3-8,23H,9H2,1-2H3,(H,21,22). The van der Waals surface area contributed by atoms with Crippen molar-refractivity contribution < 1.29 is 14.6 Å². The number of carbonyl (C=O) groups excluding carboxylic acids is 1. The molecule has 126 valence electrons. The van der Waals surface area contributed by atoms with Crippen LogP contribution in [0.3, 0.4) is 0 Å². The zero-order chi connectivity index (χ0) is 17.7. The molecule has 2 aromatic rings. The Labute approximate surface area is 157 Å². The fraction of sp³-hybridized carbons (Fsp3) is 0.176. The Morgan fingerprint density at radius 1 is 1.29 bits per heavy atom. The summed E-state index contributed by atoms with van der Waals surface area (Å²) < 4.78 is 6.80. The Hall–Kier alpha value is -1.86. The van der Waals surface area contributed by atoms with Crippen LogP contribution in [-0.2, 0) is 4.79 Å². The van der Waals surface area contributed by atoms with E-state index in [0.29, 0.717) is 15.8 Å². The lowest BCUT2D eigenvalue weighted by Gasteiger charge is -2.09. The molecule has 0 aliphatic carbocycles. The number of hydrogen-bond acceptors (Lipinski definition) is 4. The molecule has 5 nitrogen and oxygen atoms in total. The van der Waals surface area contributed by atoms with Crippen LogP contribution in [0.4, 0.5) is 0 Å². The highest BCUT2D eigenvalue weighted by molar-refractivity contribution is 9.11. The molecule has 0 saturated carbocycles. The second-order valence-corrected chi connectivity index (χ2v) is 6.95. The summed E-state index contributed by atoms with van der Waals surface area (Å²) in [6.07, 6.45) is 1.36. The van der Waals surface area contributed by atoms with Gasteiger partial charge in [0.2, 0.25) is 0 Å². The van der Waals surface area contributed by atoms with E-state index in [1.165, 1.54) is 6.21 Å². The highest BCUT2D eigenvalue weighted by Crippen LogP contribution is 2.30. The molecule has 0 fully saturated rings. The van der Waals surface area contributed by atoms with E-state index in [4.69, 9.17) is 4.74 Å². The van der Waals surface area contributed by atoms with Gasteiger partial charge in [-0.15, -0.1) is 0 Å². The Morgan fingerprint density at radius 3 is 2.79 bits per heavy atom. The topological polar surface area (TPSA) is 70.9 Å². The van der Waals surface area contributed by atoms with Crippen molar-refractivity contribution in [1.29, 1.82) is 0 Å². The highest BCUT2D eigenvalue weighted by Gasteiger charge is 2.07. The van der Waals surface area contributed by atoms with E-state index < -0.39 is 0 Å². The van der Waals surface area contributed by atoms with Gasteiger partial charge in [-0.25, -0.2) is 5.43 Å². The number of hydrazone groups is 1. The third-order valence-corrected chi connectivity index (χ3v) is 4.22. The number of phenols is 1. The Bertz CT molecular complexity index is 792. The van der Waals surface area contributed by atoms with E-state index in [2.05, 4.69) is 42.4 Å². The van der Waals surface area contributed by atoms with E-state index in [9.17, 15) is 9.90 Å². The average Bonchev–Trinajstić information content (AvgIpc) is 2.52. The van der Waals surface area contributed by atoms with E-state index >= 15 is 0 Å². The van der Waals surface area contributed by atoms with Gasteiger partial charge in [0.05, 0.1) is 10.7 Å². The van der Waals surface area contributed by atoms with Crippen molar-refractivity contribution in [3.8, 4) is 11.5 Å². The van der Waals surface area contributed by atoms with Crippen LogP contribution in [0.15, 0.2) is 44.4 Å². The molecule has 0 unspecified atom stereocenters. The van der Waals surface area contributed by atoms with Crippen LogP contribution in [-0.4, -0.2) is 23.8 Å². The highest BCUT2D eigenvalue weighted by atomic mass is 79.9. The van der Waals surface area contributed by atoms with Crippen LogP contribution < -0.4 is 10.2 Å². The summed E-state index contributed by atoms with van der Waals surface area (Å²) in [5.74, 6) is 0.325. The summed E-state index contributed by atoms with van der Waals surface area (Å²) in [5, 5.41) is 13.7. The monoisotopic (exact) mass is 454 g/mol. The van der Waals surface area contributed by atoms with Gasteiger partial charge in [0.15, 0.2) is 6.61 Å². The van der Waals surface area contributed by atoms with Crippen LogP contribution in [0.5, 0.6) is 11.5 Å². The van der Waals surface area contributed by atoms with Crippen molar-refractivity contribution in [3.63, 3.8) is 0 Å². The van der Waals surface area contributed by atoms with E-state index in [1.807, 2.05) is 32.0 Å². The molecule has 2 rings (SSSR count). The van der Waals surface area contributed by atoms with Crippen molar-refractivity contribution in [2.24, 2.45) is 5.10 Å². The molecule has 24 heavy (non-hydrogen) atoms.